The second kappa shape index (κ2) is 14.6. The Hall–Kier alpha value is -4.51. The molecule has 3 aromatic carbocycles. The number of carbonyl (C=O) groups is 2. The normalized spacial score (nSPS) is 11.4. The standard InChI is InChI=1S/C32H35F3N4O4/c1-42-19-7-17-39(31(41)37-28-10-5-6-11-29(28)43-2)22-30(40)38(21-23-12-14-25(15-13-23)32(33,34)35)18-16-24-20-36-27-9-4-3-8-26(24)27/h3-6,8-15,20,36H,7,16-19,21-22H2,1-2H3,(H,37,41). The van der Waals surface area contributed by atoms with Gasteiger partial charge in [0.1, 0.15) is 12.3 Å². The Balaban J connectivity index is 1.54. The third-order valence-corrected chi connectivity index (χ3v) is 7.07. The number of fused-ring (bicyclic) bond motifs is 1. The first kappa shape index (κ1) is 31.4. The number of rotatable bonds is 13. The number of hydrogen-bond donors (Lipinski definition) is 2. The molecule has 8 nitrogen and oxygen atoms in total. The van der Waals surface area contributed by atoms with Gasteiger partial charge in [0.2, 0.25) is 5.91 Å². The van der Waals surface area contributed by atoms with E-state index < -0.39 is 17.8 Å². The van der Waals surface area contributed by atoms with Crippen molar-refractivity contribution in [2.24, 2.45) is 0 Å². The van der Waals surface area contributed by atoms with Gasteiger partial charge in [-0.1, -0.05) is 42.5 Å². The summed E-state index contributed by atoms with van der Waals surface area (Å²) >= 11 is 0. The average molecular weight is 597 g/mol. The number of nitrogens with one attached hydrogen (secondary N) is 2. The Bertz CT molecular complexity index is 1500. The summed E-state index contributed by atoms with van der Waals surface area (Å²) in [5, 5.41) is 3.85. The zero-order valence-electron chi connectivity index (χ0n) is 24.1. The molecule has 43 heavy (non-hydrogen) atoms. The number of H-pyrrole nitrogens is 1. The topological polar surface area (TPSA) is 86.9 Å². The van der Waals surface area contributed by atoms with E-state index in [1.165, 1.54) is 24.1 Å². The third kappa shape index (κ3) is 8.51. The summed E-state index contributed by atoms with van der Waals surface area (Å²) < 4.78 is 49.9. The molecule has 0 atom stereocenters. The minimum absolute atomic E-state index is 0.0827. The Kier molecular flexibility index (Phi) is 10.7. The van der Waals surface area contributed by atoms with Crippen LogP contribution in [0.2, 0.25) is 0 Å². The lowest BCUT2D eigenvalue weighted by molar-refractivity contribution is -0.137. The third-order valence-electron chi connectivity index (χ3n) is 7.07. The lowest BCUT2D eigenvalue weighted by Gasteiger charge is -2.28. The van der Waals surface area contributed by atoms with E-state index in [1.54, 1.807) is 36.3 Å². The van der Waals surface area contributed by atoms with Gasteiger partial charge in [0.25, 0.3) is 0 Å². The highest BCUT2D eigenvalue weighted by atomic mass is 19.4. The number of halogens is 3. The van der Waals surface area contributed by atoms with E-state index in [1.807, 2.05) is 30.5 Å². The molecule has 11 heteroatoms. The second-order valence-electron chi connectivity index (χ2n) is 10.0. The van der Waals surface area contributed by atoms with E-state index in [-0.39, 0.29) is 25.5 Å². The van der Waals surface area contributed by atoms with Crippen molar-refractivity contribution in [2.45, 2.75) is 25.6 Å². The SMILES string of the molecule is COCCCN(CC(=O)N(CCc1c[nH]c2ccccc12)Cc1ccc(C(F)(F)F)cc1)C(=O)Nc1ccccc1OC. The van der Waals surface area contributed by atoms with Gasteiger partial charge in [-0.3, -0.25) is 4.79 Å². The first-order chi connectivity index (χ1) is 20.7. The molecule has 0 saturated heterocycles. The number of nitrogens with zero attached hydrogens (tertiary/aromatic N) is 2. The van der Waals surface area contributed by atoms with Crippen molar-refractivity contribution in [2.75, 3.05) is 45.8 Å². The van der Waals surface area contributed by atoms with Crippen molar-refractivity contribution in [3.05, 3.63) is 95.7 Å². The maximum atomic E-state index is 13.8. The number of urea groups is 1. The quantitative estimate of drug-likeness (QED) is 0.177. The minimum atomic E-state index is -4.46. The second-order valence-corrected chi connectivity index (χ2v) is 10.0. The molecule has 2 N–H and O–H groups in total. The Morgan fingerprint density at radius 2 is 1.63 bits per heavy atom. The lowest BCUT2D eigenvalue weighted by Crippen LogP contribution is -2.45. The first-order valence-corrected chi connectivity index (χ1v) is 13.9. The largest absolute Gasteiger partial charge is 0.495 e. The molecule has 0 saturated carbocycles. The van der Waals surface area contributed by atoms with Gasteiger partial charge in [-0.2, -0.15) is 13.2 Å². The van der Waals surface area contributed by atoms with Gasteiger partial charge in [-0.15, -0.1) is 0 Å². The lowest BCUT2D eigenvalue weighted by atomic mass is 10.1. The highest BCUT2D eigenvalue weighted by molar-refractivity contribution is 5.93. The fourth-order valence-corrected chi connectivity index (χ4v) is 4.76. The molecule has 4 aromatic rings. The van der Waals surface area contributed by atoms with Crippen molar-refractivity contribution in [1.82, 2.24) is 14.8 Å². The zero-order chi connectivity index (χ0) is 30.8. The zero-order valence-corrected chi connectivity index (χ0v) is 24.1. The molecule has 1 aromatic heterocycles. The summed E-state index contributed by atoms with van der Waals surface area (Å²) in [6, 6.07) is 19.0. The molecule has 0 spiro atoms. The molecule has 3 amide bonds. The summed E-state index contributed by atoms with van der Waals surface area (Å²) in [5.41, 5.74) is 2.22. The fraction of sp³-hybridized carbons (Fsp3) is 0.312. The molecule has 0 radical (unpaired) electrons. The highest BCUT2D eigenvalue weighted by Gasteiger charge is 2.30. The molecule has 0 unspecified atom stereocenters. The predicted molar refractivity (Wildman–Crippen MR) is 159 cm³/mol. The van der Waals surface area contributed by atoms with E-state index in [4.69, 9.17) is 9.47 Å². The van der Waals surface area contributed by atoms with Crippen molar-refractivity contribution in [1.29, 1.82) is 0 Å². The van der Waals surface area contributed by atoms with Crippen LogP contribution in [0.5, 0.6) is 5.75 Å². The fourth-order valence-electron chi connectivity index (χ4n) is 4.76. The molecular weight excluding hydrogens is 561 g/mol. The summed E-state index contributed by atoms with van der Waals surface area (Å²) in [6.45, 7) is 0.778. The summed E-state index contributed by atoms with van der Waals surface area (Å²) in [7, 11) is 3.05. The number of anilines is 1. The smallest absolute Gasteiger partial charge is 0.416 e. The number of hydrogen-bond acceptors (Lipinski definition) is 4. The molecule has 4 rings (SSSR count). The number of aromatic nitrogens is 1. The maximum Gasteiger partial charge on any atom is 0.416 e. The number of methoxy groups -OCH3 is 2. The van der Waals surface area contributed by atoms with Crippen LogP contribution in [0.25, 0.3) is 10.9 Å². The number of para-hydroxylation sites is 3. The van der Waals surface area contributed by atoms with Crippen LogP contribution in [0.15, 0.2) is 79.0 Å². The van der Waals surface area contributed by atoms with Crippen molar-refractivity contribution >= 4 is 28.5 Å². The summed E-state index contributed by atoms with van der Waals surface area (Å²) in [4.78, 5) is 33.3. The predicted octanol–water partition coefficient (Wildman–Crippen LogP) is 6.34. The molecule has 0 fully saturated rings. The van der Waals surface area contributed by atoms with Gasteiger partial charge in [-0.05, 0) is 54.3 Å². The van der Waals surface area contributed by atoms with Crippen molar-refractivity contribution in [3.63, 3.8) is 0 Å². The van der Waals surface area contributed by atoms with Crippen molar-refractivity contribution in [3.8, 4) is 5.75 Å². The van der Waals surface area contributed by atoms with Gasteiger partial charge in [0.05, 0.1) is 18.4 Å². The average Bonchev–Trinajstić information content (AvgIpc) is 3.41. The Labute approximate surface area is 248 Å². The maximum absolute atomic E-state index is 13.8. The molecule has 1 heterocycles. The van der Waals surface area contributed by atoms with Crippen LogP contribution in [0.4, 0.5) is 23.7 Å². The van der Waals surface area contributed by atoms with Crippen LogP contribution >= 0.6 is 0 Å². The van der Waals surface area contributed by atoms with Crippen LogP contribution < -0.4 is 10.1 Å². The van der Waals surface area contributed by atoms with Gasteiger partial charge in [0.15, 0.2) is 0 Å². The number of ether oxygens (including phenoxy) is 2. The number of benzene rings is 3. The van der Waals surface area contributed by atoms with Gasteiger partial charge < -0.3 is 29.6 Å². The number of carbonyl (C=O) groups excluding carboxylic acids is 2. The molecule has 0 aliphatic rings. The number of amides is 3. The van der Waals surface area contributed by atoms with E-state index >= 15 is 0 Å². The molecule has 228 valence electrons. The van der Waals surface area contributed by atoms with Gasteiger partial charge in [-0.25, -0.2) is 4.79 Å². The van der Waals surface area contributed by atoms with Gasteiger partial charge in [0, 0.05) is 50.5 Å². The van der Waals surface area contributed by atoms with E-state index in [0.717, 1.165) is 28.6 Å². The van der Waals surface area contributed by atoms with Crippen molar-refractivity contribution < 1.29 is 32.2 Å². The first-order valence-electron chi connectivity index (χ1n) is 13.9. The van der Waals surface area contributed by atoms with E-state index in [9.17, 15) is 22.8 Å². The Morgan fingerprint density at radius 1 is 0.907 bits per heavy atom. The monoisotopic (exact) mass is 596 g/mol. The van der Waals surface area contributed by atoms with Gasteiger partial charge >= 0.3 is 12.2 Å². The van der Waals surface area contributed by atoms with Crippen LogP contribution in [0, 0.1) is 0 Å². The number of alkyl halides is 3. The Morgan fingerprint density at radius 3 is 2.35 bits per heavy atom. The van der Waals surface area contributed by atoms with E-state index in [2.05, 4.69) is 10.3 Å². The molecule has 0 bridgehead atoms. The summed E-state index contributed by atoms with van der Waals surface area (Å²) in [6.07, 6.45) is -1.56. The van der Waals surface area contributed by atoms with Crippen LogP contribution in [-0.2, 0) is 28.7 Å². The van der Waals surface area contributed by atoms with E-state index in [0.29, 0.717) is 43.0 Å². The van der Waals surface area contributed by atoms with Crippen LogP contribution in [0.1, 0.15) is 23.1 Å². The molecular formula is C32H35F3N4O4. The van der Waals surface area contributed by atoms with Crippen LogP contribution in [-0.4, -0.2) is 67.2 Å². The molecule has 0 aliphatic carbocycles. The summed E-state index contributed by atoms with van der Waals surface area (Å²) in [5.74, 6) is 0.133. The molecule has 0 aliphatic heterocycles. The number of aromatic amines is 1. The highest BCUT2D eigenvalue weighted by Crippen LogP contribution is 2.29. The van der Waals surface area contributed by atoms with Crippen LogP contribution in [0.3, 0.4) is 0 Å². The minimum Gasteiger partial charge on any atom is -0.495 e.